The summed E-state index contributed by atoms with van der Waals surface area (Å²) in [5.74, 6) is -0.0972. The minimum absolute atomic E-state index is 0.0972. The number of piperidine rings is 1. The maximum atomic E-state index is 11.6. The highest BCUT2D eigenvalue weighted by Crippen LogP contribution is 2.19. The molecule has 1 aliphatic rings. The van der Waals surface area contributed by atoms with Crippen molar-refractivity contribution in [2.24, 2.45) is 0 Å². The van der Waals surface area contributed by atoms with Crippen LogP contribution in [0.1, 0.15) is 32.3 Å². The normalized spacial score (nSPS) is 28.5. The van der Waals surface area contributed by atoms with Crippen molar-refractivity contribution in [3.63, 3.8) is 0 Å². The van der Waals surface area contributed by atoms with Crippen LogP contribution in [0, 0.1) is 0 Å². The lowest BCUT2D eigenvalue weighted by Crippen LogP contribution is -2.64. The van der Waals surface area contributed by atoms with Gasteiger partial charge in [-0.3, -0.25) is 9.69 Å². The second-order valence-corrected chi connectivity index (χ2v) is 6.33. The molecule has 0 saturated carbocycles. The van der Waals surface area contributed by atoms with Gasteiger partial charge >= 0.3 is 0 Å². The van der Waals surface area contributed by atoms with E-state index in [2.05, 4.69) is 22.3 Å². The Labute approximate surface area is 138 Å². The molecule has 23 heavy (non-hydrogen) atoms. The second-order valence-electron chi connectivity index (χ2n) is 6.33. The van der Waals surface area contributed by atoms with Crippen molar-refractivity contribution in [2.45, 2.75) is 57.4 Å². The molecule has 1 amide bonds. The fraction of sp³-hybridized carbons (Fsp3) is 0.611. The highest BCUT2D eigenvalue weighted by molar-refractivity contribution is 5.75. The number of nitrogens with one attached hydrogen (secondary N) is 1. The van der Waals surface area contributed by atoms with Crippen molar-refractivity contribution in [1.29, 1.82) is 0 Å². The maximum Gasteiger partial charge on any atom is 0.220 e. The van der Waals surface area contributed by atoms with Crippen LogP contribution in [0.2, 0.25) is 0 Å². The van der Waals surface area contributed by atoms with Crippen LogP contribution in [-0.4, -0.2) is 58.4 Å². The third-order valence-electron chi connectivity index (χ3n) is 4.68. The van der Waals surface area contributed by atoms with Crippen molar-refractivity contribution in [1.82, 2.24) is 10.2 Å². The van der Waals surface area contributed by atoms with Crippen molar-refractivity contribution >= 4 is 5.91 Å². The van der Waals surface area contributed by atoms with E-state index in [0.29, 0.717) is 13.0 Å². The van der Waals surface area contributed by atoms with E-state index in [0.717, 1.165) is 19.4 Å². The Morgan fingerprint density at radius 2 is 1.96 bits per heavy atom. The molecule has 0 unspecified atom stereocenters. The topological polar surface area (TPSA) is 72.8 Å². The minimum atomic E-state index is -0.911. The van der Waals surface area contributed by atoms with E-state index in [-0.39, 0.29) is 11.9 Å². The average molecular weight is 320 g/mol. The van der Waals surface area contributed by atoms with Gasteiger partial charge in [0.1, 0.15) is 6.10 Å². The smallest absolute Gasteiger partial charge is 0.220 e. The third kappa shape index (κ3) is 4.77. The molecule has 0 radical (unpaired) electrons. The number of nitrogens with zero attached hydrogens (tertiary/aromatic N) is 1. The first-order chi connectivity index (χ1) is 11.0. The zero-order valence-corrected chi connectivity index (χ0v) is 14.0. The summed E-state index contributed by atoms with van der Waals surface area (Å²) in [7, 11) is 0. The van der Waals surface area contributed by atoms with Crippen molar-refractivity contribution in [3.8, 4) is 0 Å². The van der Waals surface area contributed by atoms with Gasteiger partial charge in [-0.2, -0.15) is 0 Å². The third-order valence-corrected chi connectivity index (χ3v) is 4.68. The summed E-state index contributed by atoms with van der Waals surface area (Å²) >= 11 is 0. The van der Waals surface area contributed by atoms with Gasteiger partial charge < -0.3 is 15.5 Å². The molecule has 0 spiro atoms. The lowest BCUT2D eigenvalue weighted by atomic mass is 9.92. The standard InChI is InChI=1S/C18H28N2O3/c1-3-16(21)19-15-12-20(13(2)17(22)18(15)23)11-7-10-14-8-5-4-6-9-14/h4-6,8-9,13,15,17-18,22-23H,3,7,10-12H2,1-2H3,(H,19,21)/t13-,15+,17-,18-/m1/s1. The van der Waals surface area contributed by atoms with Gasteiger partial charge in [0, 0.05) is 19.0 Å². The number of carbonyl (C=O) groups excluding carboxylic acids is 1. The molecular formula is C18H28N2O3. The highest BCUT2D eigenvalue weighted by atomic mass is 16.3. The van der Waals surface area contributed by atoms with Gasteiger partial charge in [-0.25, -0.2) is 0 Å². The minimum Gasteiger partial charge on any atom is -0.389 e. The molecule has 1 heterocycles. The molecule has 0 aromatic heterocycles. The molecule has 2 rings (SSSR count). The van der Waals surface area contributed by atoms with Crippen LogP contribution in [0.15, 0.2) is 30.3 Å². The number of benzene rings is 1. The monoisotopic (exact) mass is 320 g/mol. The van der Waals surface area contributed by atoms with E-state index in [4.69, 9.17) is 0 Å². The molecule has 1 fully saturated rings. The summed E-state index contributed by atoms with van der Waals surface area (Å²) in [4.78, 5) is 13.8. The Balaban J connectivity index is 1.90. The number of hydrogen-bond donors (Lipinski definition) is 3. The predicted molar refractivity (Wildman–Crippen MR) is 90.0 cm³/mol. The summed E-state index contributed by atoms with van der Waals surface area (Å²) in [6, 6.07) is 9.78. The van der Waals surface area contributed by atoms with Crippen LogP contribution < -0.4 is 5.32 Å². The zero-order valence-electron chi connectivity index (χ0n) is 14.0. The molecule has 1 aromatic carbocycles. The first-order valence-electron chi connectivity index (χ1n) is 8.46. The van der Waals surface area contributed by atoms with Crippen LogP contribution in [0.4, 0.5) is 0 Å². The van der Waals surface area contributed by atoms with Gasteiger partial charge in [-0.1, -0.05) is 37.3 Å². The van der Waals surface area contributed by atoms with E-state index in [1.807, 2.05) is 25.1 Å². The number of aryl methyl sites for hydroxylation is 1. The largest absolute Gasteiger partial charge is 0.389 e. The Morgan fingerprint density at radius 3 is 2.61 bits per heavy atom. The molecule has 5 heteroatoms. The molecule has 1 saturated heterocycles. The molecule has 0 bridgehead atoms. The Kier molecular flexibility index (Phi) is 6.57. The molecule has 1 aromatic rings. The van der Waals surface area contributed by atoms with Gasteiger partial charge in [-0.15, -0.1) is 0 Å². The number of carbonyl (C=O) groups is 1. The average Bonchev–Trinajstić information content (AvgIpc) is 2.57. The zero-order chi connectivity index (χ0) is 16.8. The summed E-state index contributed by atoms with van der Waals surface area (Å²) in [6.45, 7) is 5.10. The van der Waals surface area contributed by atoms with E-state index >= 15 is 0 Å². The predicted octanol–water partition coefficient (Wildman–Crippen LogP) is 0.940. The number of rotatable bonds is 6. The Hall–Kier alpha value is -1.43. The quantitative estimate of drug-likeness (QED) is 0.729. The van der Waals surface area contributed by atoms with Crippen LogP contribution >= 0.6 is 0 Å². The summed E-state index contributed by atoms with van der Waals surface area (Å²) < 4.78 is 0. The van der Waals surface area contributed by atoms with Crippen LogP contribution in [0.3, 0.4) is 0 Å². The summed E-state index contributed by atoms with van der Waals surface area (Å²) in [5, 5.41) is 23.2. The van der Waals surface area contributed by atoms with Gasteiger partial charge in [0.25, 0.3) is 0 Å². The molecule has 0 aliphatic carbocycles. The van der Waals surface area contributed by atoms with E-state index < -0.39 is 18.2 Å². The van der Waals surface area contributed by atoms with Gasteiger partial charge in [0.15, 0.2) is 0 Å². The first-order valence-corrected chi connectivity index (χ1v) is 8.46. The van der Waals surface area contributed by atoms with Crippen molar-refractivity contribution in [3.05, 3.63) is 35.9 Å². The van der Waals surface area contributed by atoms with Crippen molar-refractivity contribution in [2.75, 3.05) is 13.1 Å². The number of aliphatic hydroxyl groups is 2. The van der Waals surface area contributed by atoms with Crippen molar-refractivity contribution < 1.29 is 15.0 Å². The lowest BCUT2D eigenvalue weighted by Gasteiger charge is -2.44. The van der Waals surface area contributed by atoms with Gasteiger partial charge in [-0.05, 0) is 31.9 Å². The number of likely N-dealkylation sites (tertiary alicyclic amines) is 1. The van der Waals surface area contributed by atoms with E-state index in [9.17, 15) is 15.0 Å². The molecule has 128 valence electrons. The fourth-order valence-corrected chi connectivity index (χ4v) is 3.13. The molecule has 5 nitrogen and oxygen atoms in total. The summed E-state index contributed by atoms with van der Waals surface area (Å²) in [5.41, 5.74) is 1.30. The van der Waals surface area contributed by atoms with Gasteiger partial charge in [0.05, 0.1) is 12.1 Å². The molecule has 4 atom stereocenters. The highest BCUT2D eigenvalue weighted by Gasteiger charge is 2.39. The lowest BCUT2D eigenvalue weighted by molar-refractivity contribution is -0.127. The summed E-state index contributed by atoms with van der Waals surface area (Å²) in [6.07, 6.45) is 0.580. The van der Waals surface area contributed by atoms with Gasteiger partial charge in [0.2, 0.25) is 5.91 Å². The maximum absolute atomic E-state index is 11.6. The van der Waals surface area contributed by atoms with Crippen LogP contribution in [0.25, 0.3) is 0 Å². The SMILES string of the molecule is CCC(=O)N[C@H]1CN(CCCc2ccccc2)[C@H](C)[C@@H](O)[C@@H]1O. The Bertz CT molecular complexity index is 494. The Morgan fingerprint density at radius 1 is 1.26 bits per heavy atom. The van der Waals surface area contributed by atoms with Crippen LogP contribution in [-0.2, 0) is 11.2 Å². The fourth-order valence-electron chi connectivity index (χ4n) is 3.13. The molecular weight excluding hydrogens is 292 g/mol. The van der Waals surface area contributed by atoms with Crippen LogP contribution in [0.5, 0.6) is 0 Å². The number of hydrogen-bond acceptors (Lipinski definition) is 4. The van der Waals surface area contributed by atoms with E-state index in [1.54, 1.807) is 6.92 Å². The number of amides is 1. The first kappa shape index (κ1) is 17.9. The molecule has 1 aliphatic heterocycles. The number of aliphatic hydroxyl groups excluding tert-OH is 2. The molecule has 3 N–H and O–H groups in total. The van der Waals surface area contributed by atoms with E-state index in [1.165, 1.54) is 5.56 Å². The second kappa shape index (κ2) is 8.43.